The minimum atomic E-state index is -0.873. The lowest BCUT2D eigenvalue weighted by Gasteiger charge is -2.30. The predicted molar refractivity (Wildman–Crippen MR) is 121 cm³/mol. The van der Waals surface area contributed by atoms with Gasteiger partial charge in [-0.1, -0.05) is 44.0 Å². The van der Waals surface area contributed by atoms with Gasteiger partial charge < -0.3 is 9.47 Å². The van der Waals surface area contributed by atoms with Gasteiger partial charge in [0.2, 0.25) is 0 Å². The van der Waals surface area contributed by atoms with E-state index in [0.717, 1.165) is 20.1 Å². The van der Waals surface area contributed by atoms with Gasteiger partial charge in [0, 0.05) is 21.8 Å². The number of halogens is 2. The van der Waals surface area contributed by atoms with Crippen LogP contribution in [-0.2, 0) is 22.3 Å². The number of carbonyl (C=O) groups excluding carboxylic acids is 1. The van der Waals surface area contributed by atoms with Gasteiger partial charge in [0.1, 0.15) is 11.2 Å². The molecule has 0 heterocycles. The number of benzene rings is 2. The fourth-order valence-electron chi connectivity index (χ4n) is 3.08. The second kappa shape index (κ2) is 9.64. The van der Waals surface area contributed by atoms with Crippen molar-refractivity contribution in [1.29, 1.82) is 10.5 Å². The highest BCUT2D eigenvalue weighted by Gasteiger charge is 2.31. The van der Waals surface area contributed by atoms with Crippen molar-refractivity contribution in [3.63, 3.8) is 0 Å². The average molecular weight is 534 g/mol. The SMILES string of the molecule is CC(C)(Cc1ccc(Br)cc1C#N)OC(=O)OC(C)(C)Cc1ccc(Br)cc1C#N. The summed E-state index contributed by atoms with van der Waals surface area (Å²) in [5.41, 5.74) is 0.866. The maximum atomic E-state index is 12.5. The highest BCUT2D eigenvalue weighted by molar-refractivity contribution is 9.10. The Morgan fingerprint density at radius 3 is 1.53 bits per heavy atom. The molecule has 0 aliphatic carbocycles. The third kappa shape index (κ3) is 6.86. The Kier molecular flexibility index (Phi) is 7.69. The molecule has 0 amide bonds. The van der Waals surface area contributed by atoms with Gasteiger partial charge in [-0.3, -0.25) is 0 Å². The molecule has 0 aliphatic heterocycles. The molecule has 0 saturated carbocycles. The summed E-state index contributed by atoms with van der Waals surface area (Å²) in [7, 11) is 0. The van der Waals surface area contributed by atoms with Crippen LogP contribution in [0.5, 0.6) is 0 Å². The Morgan fingerprint density at radius 2 is 1.20 bits per heavy atom. The number of ether oxygens (including phenoxy) is 2. The molecule has 0 bridgehead atoms. The van der Waals surface area contributed by atoms with Crippen LogP contribution in [0.15, 0.2) is 45.3 Å². The molecule has 0 radical (unpaired) electrons. The lowest BCUT2D eigenvalue weighted by molar-refractivity contribution is -0.0582. The average Bonchev–Trinajstić information content (AvgIpc) is 2.63. The number of carbonyl (C=O) groups is 1. The third-order valence-electron chi connectivity index (χ3n) is 4.34. The van der Waals surface area contributed by atoms with E-state index in [-0.39, 0.29) is 0 Å². The van der Waals surface area contributed by atoms with Crippen LogP contribution in [0.4, 0.5) is 4.79 Å². The van der Waals surface area contributed by atoms with E-state index in [1.165, 1.54) is 0 Å². The highest BCUT2D eigenvalue weighted by atomic mass is 79.9. The van der Waals surface area contributed by atoms with Crippen LogP contribution in [0.1, 0.15) is 49.9 Å². The molecule has 156 valence electrons. The van der Waals surface area contributed by atoms with E-state index in [0.29, 0.717) is 24.0 Å². The quantitative estimate of drug-likeness (QED) is 0.398. The Bertz CT molecular complexity index is 952. The summed E-state index contributed by atoms with van der Waals surface area (Å²) in [6.07, 6.45) is -0.0650. The van der Waals surface area contributed by atoms with Crippen LogP contribution in [-0.4, -0.2) is 17.4 Å². The van der Waals surface area contributed by atoms with Crippen LogP contribution in [0, 0.1) is 22.7 Å². The second-order valence-corrected chi connectivity index (χ2v) is 9.98. The van der Waals surface area contributed by atoms with Gasteiger partial charge in [0.05, 0.1) is 23.3 Å². The summed E-state index contributed by atoms with van der Waals surface area (Å²) in [6, 6.07) is 15.1. The van der Waals surface area contributed by atoms with Gasteiger partial charge in [-0.25, -0.2) is 4.79 Å². The molecule has 0 saturated heterocycles. The molecule has 0 spiro atoms. The molecular weight excluding hydrogens is 512 g/mol. The number of nitrogens with zero attached hydrogens (tertiary/aromatic N) is 2. The van der Waals surface area contributed by atoms with Crippen LogP contribution < -0.4 is 0 Å². The van der Waals surface area contributed by atoms with Crippen molar-refractivity contribution in [2.75, 3.05) is 0 Å². The number of hydrogen-bond acceptors (Lipinski definition) is 5. The smallest absolute Gasteiger partial charge is 0.428 e. The fraction of sp³-hybridized carbons (Fsp3) is 0.348. The molecule has 0 aromatic heterocycles. The Hall–Kier alpha value is -2.35. The largest absolute Gasteiger partial charge is 0.509 e. The van der Waals surface area contributed by atoms with Gasteiger partial charge in [-0.15, -0.1) is 0 Å². The third-order valence-corrected chi connectivity index (χ3v) is 5.32. The van der Waals surface area contributed by atoms with Crippen LogP contribution >= 0.6 is 31.9 Å². The van der Waals surface area contributed by atoms with E-state index in [4.69, 9.17) is 9.47 Å². The monoisotopic (exact) mass is 532 g/mol. The highest BCUT2D eigenvalue weighted by Crippen LogP contribution is 2.26. The number of rotatable bonds is 6. The van der Waals surface area contributed by atoms with E-state index in [2.05, 4.69) is 44.0 Å². The topological polar surface area (TPSA) is 83.1 Å². The van der Waals surface area contributed by atoms with E-state index in [1.807, 2.05) is 24.3 Å². The number of hydrogen-bond donors (Lipinski definition) is 0. The van der Waals surface area contributed by atoms with E-state index >= 15 is 0 Å². The first-order valence-corrected chi connectivity index (χ1v) is 10.8. The van der Waals surface area contributed by atoms with Crippen molar-refractivity contribution in [3.05, 3.63) is 67.6 Å². The van der Waals surface area contributed by atoms with Crippen molar-refractivity contribution >= 4 is 38.0 Å². The summed E-state index contributed by atoms with van der Waals surface area (Å²) < 4.78 is 12.8. The Balaban J connectivity index is 2.06. The molecule has 0 fully saturated rings. The molecule has 2 aromatic carbocycles. The van der Waals surface area contributed by atoms with Gasteiger partial charge in [0.25, 0.3) is 0 Å². The Morgan fingerprint density at radius 1 is 0.833 bits per heavy atom. The van der Waals surface area contributed by atoms with E-state index in [9.17, 15) is 15.3 Å². The van der Waals surface area contributed by atoms with E-state index in [1.54, 1.807) is 39.8 Å². The zero-order valence-electron chi connectivity index (χ0n) is 17.3. The lowest BCUT2D eigenvalue weighted by Crippen LogP contribution is -2.37. The molecule has 2 aromatic rings. The number of nitriles is 2. The summed E-state index contributed by atoms with van der Waals surface area (Å²) >= 11 is 6.70. The molecule has 5 nitrogen and oxygen atoms in total. The summed E-state index contributed by atoms with van der Waals surface area (Å²) in [4.78, 5) is 12.5. The first kappa shape index (κ1) is 23.9. The van der Waals surface area contributed by atoms with Gasteiger partial charge in [-0.2, -0.15) is 10.5 Å². The summed E-state index contributed by atoms with van der Waals surface area (Å²) in [5, 5.41) is 18.7. The molecule has 0 aliphatic rings. The van der Waals surface area contributed by atoms with E-state index < -0.39 is 17.4 Å². The molecule has 7 heteroatoms. The summed E-state index contributed by atoms with van der Waals surface area (Å²) in [6.45, 7) is 7.08. The van der Waals surface area contributed by atoms with Crippen molar-refractivity contribution in [3.8, 4) is 12.1 Å². The van der Waals surface area contributed by atoms with Crippen LogP contribution in [0.25, 0.3) is 0 Å². The zero-order chi connectivity index (χ0) is 22.5. The maximum absolute atomic E-state index is 12.5. The summed E-state index contributed by atoms with van der Waals surface area (Å²) in [5.74, 6) is 0. The van der Waals surface area contributed by atoms with Gasteiger partial charge >= 0.3 is 6.16 Å². The van der Waals surface area contributed by atoms with Gasteiger partial charge in [-0.05, 0) is 63.1 Å². The van der Waals surface area contributed by atoms with Crippen LogP contribution in [0.3, 0.4) is 0 Å². The first-order valence-electron chi connectivity index (χ1n) is 9.24. The van der Waals surface area contributed by atoms with Crippen molar-refractivity contribution in [2.24, 2.45) is 0 Å². The van der Waals surface area contributed by atoms with Crippen molar-refractivity contribution < 1.29 is 14.3 Å². The maximum Gasteiger partial charge on any atom is 0.509 e. The zero-order valence-corrected chi connectivity index (χ0v) is 20.4. The molecule has 0 unspecified atom stereocenters. The minimum Gasteiger partial charge on any atom is -0.428 e. The first-order chi connectivity index (χ1) is 13.9. The molecular formula is C23H22Br2N2O3. The second-order valence-electron chi connectivity index (χ2n) is 8.15. The lowest BCUT2D eigenvalue weighted by atomic mass is 9.95. The molecule has 0 atom stereocenters. The predicted octanol–water partition coefficient (Wildman–Crippen LogP) is 6.45. The van der Waals surface area contributed by atoms with Crippen molar-refractivity contribution in [1.82, 2.24) is 0 Å². The van der Waals surface area contributed by atoms with Crippen LogP contribution in [0.2, 0.25) is 0 Å². The molecule has 2 rings (SSSR count). The van der Waals surface area contributed by atoms with Crippen molar-refractivity contribution in [2.45, 2.75) is 51.7 Å². The molecule has 0 N–H and O–H groups in total. The standard InChI is InChI=1S/C23H22Br2N2O3/c1-22(2,11-15-5-7-19(24)9-17(15)13-26)29-21(28)30-23(3,4)12-16-6-8-20(25)10-18(16)14-27/h5-10H,11-12H2,1-4H3. The Labute approximate surface area is 193 Å². The minimum absolute atomic E-state index is 0.365. The fourth-order valence-corrected chi connectivity index (χ4v) is 3.80. The normalized spacial score (nSPS) is 11.3. The van der Waals surface area contributed by atoms with Gasteiger partial charge in [0.15, 0.2) is 0 Å². The molecule has 30 heavy (non-hydrogen) atoms.